The van der Waals surface area contributed by atoms with Crippen molar-refractivity contribution >= 4 is 30.5 Å². The molecule has 0 saturated carbocycles. The van der Waals surface area contributed by atoms with Gasteiger partial charge in [0, 0.05) is 5.75 Å². The summed E-state index contributed by atoms with van der Waals surface area (Å²) < 4.78 is 9.52. The number of aliphatic carboxylic acids is 1. The maximum absolute atomic E-state index is 11.4. The number of carboxylic acids is 1. The summed E-state index contributed by atoms with van der Waals surface area (Å²) in [5.74, 6) is -3.09. The fourth-order valence-corrected chi connectivity index (χ4v) is 1.12. The number of hydrogen-bond acceptors (Lipinski definition) is 6. The number of thiol groups is 1. The molecule has 6 nitrogen and oxygen atoms in total. The smallest absolute Gasteiger partial charge is 0.345 e. The summed E-state index contributed by atoms with van der Waals surface area (Å²) in [7, 11) is 0. The predicted molar refractivity (Wildman–Crippen MR) is 66.4 cm³/mol. The highest BCUT2D eigenvalue weighted by atomic mass is 32.1. The highest BCUT2D eigenvalue weighted by molar-refractivity contribution is 7.80. The molecule has 0 rings (SSSR count). The molecule has 0 aliphatic carbocycles. The average Bonchev–Trinajstić information content (AvgIpc) is 2.25. The summed E-state index contributed by atoms with van der Waals surface area (Å²) >= 11 is 3.90. The normalized spacial score (nSPS) is 13.8. The first-order valence-corrected chi connectivity index (χ1v) is 6.14. The molecule has 0 saturated heterocycles. The predicted octanol–water partition coefficient (Wildman–Crippen LogP) is 0.890. The van der Waals surface area contributed by atoms with E-state index in [0.29, 0.717) is 0 Å². The lowest BCUT2D eigenvalue weighted by atomic mass is 10.2. The third kappa shape index (κ3) is 6.48. The zero-order valence-corrected chi connectivity index (χ0v) is 11.5. The van der Waals surface area contributed by atoms with Crippen LogP contribution in [0.2, 0.25) is 0 Å². The van der Waals surface area contributed by atoms with Crippen LogP contribution < -0.4 is 0 Å². The largest absolute Gasteiger partial charge is 0.478 e. The van der Waals surface area contributed by atoms with Gasteiger partial charge in [0.15, 0.2) is 0 Å². The number of carbonyl (C=O) groups excluding carboxylic acids is 2. The number of rotatable bonds is 7. The molecule has 0 bridgehead atoms. The van der Waals surface area contributed by atoms with Crippen molar-refractivity contribution in [2.75, 3.05) is 5.75 Å². The van der Waals surface area contributed by atoms with Crippen molar-refractivity contribution in [3.63, 3.8) is 0 Å². The number of carboxylic acid groups (broad SMARTS) is 1. The molecule has 0 fully saturated rings. The van der Waals surface area contributed by atoms with Crippen LogP contribution in [-0.2, 0) is 23.9 Å². The van der Waals surface area contributed by atoms with Gasteiger partial charge in [-0.1, -0.05) is 6.92 Å². The molecule has 0 aromatic rings. The Balaban J connectivity index is 4.45. The molecule has 104 valence electrons. The van der Waals surface area contributed by atoms with Crippen molar-refractivity contribution < 1.29 is 29.0 Å². The molecule has 0 radical (unpaired) electrons. The van der Waals surface area contributed by atoms with E-state index in [1.165, 1.54) is 0 Å². The van der Waals surface area contributed by atoms with Gasteiger partial charge in [0.25, 0.3) is 0 Å². The molecular weight excluding hydrogens is 260 g/mol. The number of carbonyl (C=O) groups is 3. The van der Waals surface area contributed by atoms with Crippen LogP contribution >= 0.6 is 12.6 Å². The Morgan fingerprint density at radius 2 is 1.72 bits per heavy atom. The molecule has 0 aliphatic rings. The lowest BCUT2D eigenvalue weighted by Crippen LogP contribution is -2.33. The minimum absolute atomic E-state index is 0.238. The number of hydrogen-bond donors (Lipinski definition) is 2. The second kappa shape index (κ2) is 7.97. The van der Waals surface area contributed by atoms with Crippen molar-refractivity contribution in [2.24, 2.45) is 5.92 Å². The minimum atomic E-state index is -1.52. The van der Waals surface area contributed by atoms with Crippen LogP contribution in [0.15, 0.2) is 0 Å². The topological polar surface area (TPSA) is 89.9 Å². The highest BCUT2D eigenvalue weighted by Crippen LogP contribution is 2.08. The fourth-order valence-electron chi connectivity index (χ4n) is 0.973. The van der Waals surface area contributed by atoms with Crippen LogP contribution in [0, 0.1) is 5.92 Å². The molecule has 0 aromatic carbocycles. The van der Waals surface area contributed by atoms with Gasteiger partial charge in [-0.3, -0.25) is 9.59 Å². The maximum Gasteiger partial charge on any atom is 0.345 e. The summed E-state index contributed by atoms with van der Waals surface area (Å²) in [6.45, 7) is 4.84. The van der Waals surface area contributed by atoms with Gasteiger partial charge >= 0.3 is 17.9 Å². The van der Waals surface area contributed by atoms with Crippen molar-refractivity contribution in [3.05, 3.63) is 0 Å². The van der Waals surface area contributed by atoms with Gasteiger partial charge in [-0.15, -0.1) is 0 Å². The van der Waals surface area contributed by atoms with E-state index in [9.17, 15) is 14.4 Å². The highest BCUT2D eigenvalue weighted by Gasteiger charge is 2.28. The van der Waals surface area contributed by atoms with Crippen LogP contribution in [0.5, 0.6) is 0 Å². The Hall–Kier alpha value is -1.24. The van der Waals surface area contributed by atoms with E-state index < -0.39 is 36.4 Å². The van der Waals surface area contributed by atoms with Crippen LogP contribution in [0.3, 0.4) is 0 Å². The van der Waals surface area contributed by atoms with Gasteiger partial charge in [-0.25, -0.2) is 4.79 Å². The molecule has 18 heavy (non-hydrogen) atoms. The van der Waals surface area contributed by atoms with Crippen molar-refractivity contribution in [1.82, 2.24) is 0 Å². The number of ether oxygens (including phenoxy) is 2. The fraction of sp³-hybridized carbons (Fsp3) is 0.727. The minimum Gasteiger partial charge on any atom is -0.478 e. The molecule has 2 atom stereocenters. The first kappa shape index (κ1) is 16.8. The molecule has 0 aromatic heterocycles. The molecule has 0 aliphatic heterocycles. The lowest BCUT2D eigenvalue weighted by molar-refractivity contribution is -0.171. The summed E-state index contributed by atoms with van der Waals surface area (Å²) in [6.07, 6.45) is -2.37. The molecule has 1 N–H and O–H groups in total. The molecule has 0 amide bonds. The van der Waals surface area contributed by atoms with Gasteiger partial charge in [0.2, 0.25) is 6.10 Å². The van der Waals surface area contributed by atoms with Crippen LogP contribution in [0.1, 0.15) is 27.2 Å². The summed E-state index contributed by atoms with van der Waals surface area (Å²) in [5.41, 5.74) is 0. The molecular formula is C11H18O6S. The SMILES string of the molecule is CC(C)OC(=O)CC(OC(=O)[C@H](C)CS)C(=O)O. The Bertz CT molecular complexity index is 315. The lowest BCUT2D eigenvalue weighted by Gasteiger charge is -2.16. The Kier molecular flexibility index (Phi) is 7.42. The van der Waals surface area contributed by atoms with Crippen molar-refractivity contribution in [3.8, 4) is 0 Å². The number of esters is 2. The van der Waals surface area contributed by atoms with E-state index in [-0.39, 0.29) is 11.9 Å². The molecule has 0 heterocycles. The van der Waals surface area contributed by atoms with Gasteiger partial charge < -0.3 is 14.6 Å². The van der Waals surface area contributed by atoms with E-state index in [4.69, 9.17) is 14.6 Å². The van der Waals surface area contributed by atoms with Gasteiger partial charge in [-0.2, -0.15) is 12.6 Å². The average molecular weight is 278 g/mol. The monoisotopic (exact) mass is 278 g/mol. The summed E-state index contributed by atoms with van der Waals surface area (Å²) in [6, 6.07) is 0. The van der Waals surface area contributed by atoms with Gasteiger partial charge in [0.05, 0.1) is 18.4 Å². The maximum atomic E-state index is 11.4. The van der Waals surface area contributed by atoms with Gasteiger partial charge in [0.1, 0.15) is 0 Å². The van der Waals surface area contributed by atoms with E-state index in [0.717, 1.165) is 0 Å². The summed E-state index contributed by atoms with van der Waals surface area (Å²) in [5, 5.41) is 8.86. The second-order valence-corrected chi connectivity index (χ2v) is 4.46. The zero-order chi connectivity index (χ0) is 14.3. The van der Waals surface area contributed by atoms with Crippen molar-refractivity contribution in [2.45, 2.75) is 39.4 Å². The van der Waals surface area contributed by atoms with Crippen molar-refractivity contribution in [1.29, 1.82) is 0 Å². The first-order valence-electron chi connectivity index (χ1n) is 5.51. The Morgan fingerprint density at radius 1 is 1.17 bits per heavy atom. The van der Waals surface area contributed by atoms with E-state index >= 15 is 0 Å². The van der Waals surface area contributed by atoms with E-state index in [2.05, 4.69) is 12.6 Å². The second-order valence-electron chi connectivity index (χ2n) is 4.09. The third-order valence-electron chi connectivity index (χ3n) is 1.93. The molecule has 0 spiro atoms. The molecule has 1 unspecified atom stereocenters. The van der Waals surface area contributed by atoms with Crippen LogP contribution in [0.4, 0.5) is 0 Å². The van der Waals surface area contributed by atoms with Gasteiger partial charge in [-0.05, 0) is 13.8 Å². The van der Waals surface area contributed by atoms with E-state index in [1.807, 2.05) is 0 Å². The molecule has 7 heteroatoms. The zero-order valence-electron chi connectivity index (χ0n) is 10.6. The quantitative estimate of drug-likeness (QED) is 0.531. The standard InChI is InChI=1S/C11H18O6S/c1-6(2)16-9(12)4-8(10(13)14)17-11(15)7(3)5-18/h6-8,18H,4-5H2,1-3H3,(H,13,14)/t7-,8?/m1/s1. The third-order valence-corrected chi connectivity index (χ3v) is 2.48. The Morgan fingerprint density at radius 3 is 2.11 bits per heavy atom. The van der Waals surface area contributed by atoms with Crippen LogP contribution in [-0.4, -0.2) is 41.0 Å². The summed E-state index contributed by atoms with van der Waals surface area (Å²) in [4.78, 5) is 33.6. The van der Waals surface area contributed by atoms with Crippen LogP contribution in [0.25, 0.3) is 0 Å². The Labute approximate surface area is 111 Å². The first-order chi connectivity index (χ1) is 8.27. The van der Waals surface area contributed by atoms with E-state index in [1.54, 1.807) is 20.8 Å².